The summed E-state index contributed by atoms with van der Waals surface area (Å²) in [4.78, 5) is 30.2. The predicted molar refractivity (Wildman–Crippen MR) is 58.4 cm³/mol. The topological polar surface area (TPSA) is 72.1 Å². The van der Waals surface area contributed by atoms with Gasteiger partial charge in [0.25, 0.3) is 0 Å². The first-order valence-electron chi connectivity index (χ1n) is 4.70. The van der Waals surface area contributed by atoms with Crippen LogP contribution >= 0.6 is 0 Å². The van der Waals surface area contributed by atoms with E-state index in [1.54, 1.807) is 13.0 Å². The highest BCUT2D eigenvalue weighted by Crippen LogP contribution is 2.10. The quantitative estimate of drug-likeness (QED) is 0.725. The molecule has 0 spiro atoms. The number of esters is 1. The summed E-state index contributed by atoms with van der Waals surface area (Å²) in [5.74, 6) is -0.641. The Morgan fingerprint density at radius 2 is 2.25 bits per heavy atom. The van der Waals surface area contributed by atoms with Gasteiger partial charge in [-0.2, -0.15) is 0 Å². The van der Waals surface area contributed by atoms with Gasteiger partial charge in [-0.15, -0.1) is 0 Å². The van der Waals surface area contributed by atoms with Crippen LogP contribution in [-0.4, -0.2) is 23.0 Å². The number of aromatic amines is 1. The van der Waals surface area contributed by atoms with Gasteiger partial charge in [0.1, 0.15) is 5.56 Å². The lowest BCUT2D eigenvalue weighted by atomic mass is 10.1. The van der Waals surface area contributed by atoms with Crippen molar-refractivity contribution in [2.45, 2.75) is 6.92 Å². The van der Waals surface area contributed by atoms with Gasteiger partial charge in [0, 0.05) is 17.8 Å². The molecule has 0 aliphatic carbocycles. The number of rotatable bonds is 1. The van der Waals surface area contributed by atoms with Crippen molar-refractivity contribution in [3.8, 4) is 0 Å². The van der Waals surface area contributed by atoms with E-state index in [2.05, 4.69) is 14.7 Å². The third kappa shape index (κ3) is 1.46. The number of ether oxygens (including phenoxy) is 1. The molecule has 0 radical (unpaired) electrons. The van der Waals surface area contributed by atoms with Crippen LogP contribution in [0.25, 0.3) is 10.9 Å². The number of hydrogen-bond acceptors (Lipinski definition) is 4. The molecule has 5 heteroatoms. The highest BCUT2D eigenvalue weighted by molar-refractivity contribution is 5.93. The minimum absolute atomic E-state index is 0.000556. The SMILES string of the molecule is COC(=O)c1c[nH]c2c(C)nccc2c1=O. The monoisotopic (exact) mass is 218 g/mol. The lowest BCUT2D eigenvalue weighted by Crippen LogP contribution is -2.17. The Labute approximate surface area is 91.1 Å². The van der Waals surface area contributed by atoms with Crippen LogP contribution in [0.5, 0.6) is 0 Å². The molecular weight excluding hydrogens is 208 g/mol. The lowest BCUT2D eigenvalue weighted by molar-refractivity contribution is 0.0599. The zero-order valence-corrected chi connectivity index (χ0v) is 8.90. The molecule has 0 saturated carbocycles. The number of H-pyrrole nitrogens is 1. The van der Waals surface area contributed by atoms with Gasteiger partial charge < -0.3 is 9.72 Å². The minimum atomic E-state index is -0.641. The molecule has 0 unspecified atom stereocenters. The van der Waals surface area contributed by atoms with Crippen molar-refractivity contribution in [2.75, 3.05) is 7.11 Å². The second kappa shape index (κ2) is 3.77. The maximum absolute atomic E-state index is 11.9. The summed E-state index contributed by atoms with van der Waals surface area (Å²) in [6, 6.07) is 1.58. The fourth-order valence-corrected chi connectivity index (χ4v) is 1.55. The summed E-state index contributed by atoms with van der Waals surface area (Å²) in [6.07, 6.45) is 2.89. The summed E-state index contributed by atoms with van der Waals surface area (Å²) >= 11 is 0. The number of nitrogens with zero attached hydrogens (tertiary/aromatic N) is 1. The van der Waals surface area contributed by atoms with Crippen LogP contribution in [0.4, 0.5) is 0 Å². The number of carbonyl (C=O) groups excluding carboxylic acids is 1. The van der Waals surface area contributed by atoms with E-state index in [1.165, 1.54) is 19.5 Å². The predicted octanol–water partition coefficient (Wildman–Crippen LogP) is 1.02. The van der Waals surface area contributed by atoms with E-state index in [-0.39, 0.29) is 11.0 Å². The Morgan fingerprint density at radius 3 is 2.94 bits per heavy atom. The normalized spacial score (nSPS) is 10.4. The smallest absolute Gasteiger partial charge is 0.343 e. The van der Waals surface area contributed by atoms with Crippen LogP contribution in [0.15, 0.2) is 23.3 Å². The van der Waals surface area contributed by atoms with Crippen LogP contribution in [0, 0.1) is 6.92 Å². The second-order valence-electron chi connectivity index (χ2n) is 3.34. The van der Waals surface area contributed by atoms with Crippen molar-refractivity contribution in [1.29, 1.82) is 0 Å². The number of aromatic nitrogens is 2. The molecule has 16 heavy (non-hydrogen) atoms. The van der Waals surface area contributed by atoms with Crippen LogP contribution in [0.2, 0.25) is 0 Å². The Morgan fingerprint density at radius 1 is 1.50 bits per heavy atom. The molecule has 2 aromatic heterocycles. The van der Waals surface area contributed by atoms with Gasteiger partial charge in [-0.3, -0.25) is 9.78 Å². The number of carbonyl (C=O) groups is 1. The van der Waals surface area contributed by atoms with Crippen molar-refractivity contribution in [2.24, 2.45) is 0 Å². The third-order valence-corrected chi connectivity index (χ3v) is 2.40. The molecule has 2 rings (SSSR count). The van der Waals surface area contributed by atoms with Gasteiger partial charge in [-0.25, -0.2) is 4.79 Å². The van der Waals surface area contributed by atoms with Crippen LogP contribution in [0.3, 0.4) is 0 Å². The Hall–Kier alpha value is -2.17. The van der Waals surface area contributed by atoms with E-state index in [0.29, 0.717) is 16.6 Å². The molecule has 0 fully saturated rings. The molecule has 82 valence electrons. The zero-order chi connectivity index (χ0) is 11.7. The summed E-state index contributed by atoms with van der Waals surface area (Å²) in [5.41, 5.74) is 1.01. The number of methoxy groups -OCH3 is 1. The highest BCUT2D eigenvalue weighted by Gasteiger charge is 2.13. The first-order chi connectivity index (χ1) is 7.65. The maximum Gasteiger partial charge on any atom is 0.343 e. The van der Waals surface area contributed by atoms with E-state index in [4.69, 9.17) is 0 Å². The number of aryl methyl sites for hydroxylation is 1. The Bertz CT molecular complexity index is 616. The van der Waals surface area contributed by atoms with Crippen molar-refractivity contribution in [3.63, 3.8) is 0 Å². The molecule has 0 aliphatic rings. The molecule has 1 N–H and O–H groups in total. The lowest BCUT2D eigenvalue weighted by Gasteiger charge is -2.03. The van der Waals surface area contributed by atoms with Gasteiger partial charge in [-0.05, 0) is 13.0 Å². The van der Waals surface area contributed by atoms with Crippen molar-refractivity contribution in [3.05, 3.63) is 39.9 Å². The number of pyridine rings is 2. The number of nitrogens with one attached hydrogen (secondary N) is 1. The largest absolute Gasteiger partial charge is 0.465 e. The van der Waals surface area contributed by atoms with Crippen molar-refractivity contribution >= 4 is 16.9 Å². The van der Waals surface area contributed by atoms with Crippen LogP contribution < -0.4 is 5.43 Å². The summed E-state index contributed by atoms with van der Waals surface area (Å²) < 4.78 is 4.52. The molecule has 0 amide bonds. The highest BCUT2D eigenvalue weighted by atomic mass is 16.5. The van der Waals surface area contributed by atoms with E-state index in [1.807, 2.05) is 0 Å². The minimum Gasteiger partial charge on any atom is -0.465 e. The van der Waals surface area contributed by atoms with E-state index in [9.17, 15) is 9.59 Å². The molecule has 2 aromatic rings. The van der Waals surface area contributed by atoms with Gasteiger partial charge in [0.05, 0.1) is 18.3 Å². The second-order valence-corrected chi connectivity index (χ2v) is 3.34. The van der Waals surface area contributed by atoms with E-state index in [0.717, 1.165) is 0 Å². The average molecular weight is 218 g/mol. The van der Waals surface area contributed by atoms with E-state index < -0.39 is 5.97 Å². The van der Waals surface area contributed by atoms with Gasteiger partial charge in [0.2, 0.25) is 5.43 Å². The number of hydrogen-bond donors (Lipinski definition) is 1. The average Bonchev–Trinajstić information content (AvgIpc) is 2.30. The van der Waals surface area contributed by atoms with Gasteiger partial charge in [-0.1, -0.05) is 0 Å². The number of fused-ring (bicyclic) bond motifs is 1. The first-order valence-corrected chi connectivity index (χ1v) is 4.70. The molecule has 2 heterocycles. The molecular formula is C11H10N2O3. The van der Waals surface area contributed by atoms with Crippen molar-refractivity contribution < 1.29 is 9.53 Å². The van der Waals surface area contributed by atoms with Crippen LogP contribution in [-0.2, 0) is 4.74 Å². The maximum atomic E-state index is 11.9. The van der Waals surface area contributed by atoms with E-state index >= 15 is 0 Å². The van der Waals surface area contributed by atoms with Crippen LogP contribution in [0.1, 0.15) is 16.1 Å². The summed E-state index contributed by atoms with van der Waals surface area (Å²) in [5, 5.41) is 0.440. The molecule has 0 atom stereocenters. The summed E-state index contributed by atoms with van der Waals surface area (Å²) in [6.45, 7) is 1.79. The molecule has 0 bridgehead atoms. The zero-order valence-electron chi connectivity index (χ0n) is 8.90. The Balaban J connectivity index is 2.81. The molecule has 0 saturated heterocycles. The fourth-order valence-electron chi connectivity index (χ4n) is 1.55. The fraction of sp³-hybridized carbons (Fsp3) is 0.182. The molecule has 0 aliphatic heterocycles. The van der Waals surface area contributed by atoms with Gasteiger partial charge >= 0.3 is 5.97 Å². The molecule has 0 aromatic carbocycles. The van der Waals surface area contributed by atoms with Gasteiger partial charge in [0.15, 0.2) is 0 Å². The molecule has 5 nitrogen and oxygen atoms in total. The Kier molecular flexibility index (Phi) is 2.44. The standard InChI is InChI=1S/C11H10N2O3/c1-6-9-7(3-4-12-6)10(14)8(5-13-9)11(15)16-2/h3-5H,1-2H3,(H,13,14). The summed E-state index contributed by atoms with van der Waals surface area (Å²) in [7, 11) is 1.24. The third-order valence-electron chi connectivity index (χ3n) is 2.40. The van der Waals surface area contributed by atoms with Crippen molar-refractivity contribution in [1.82, 2.24) is 9.97 Å². The first kappa shape index (κ1) is 10.4.